The van der Waals surface area contributed by atoms with Gasteiger partial charge >= 0.3 is 6.16 Å². The zero-order valence-electron chi connectivity index (χ0n) is 17.8. The van der Waals surface area contributed by atoms with Crippen molar-refractivity contribution in [2.24, 2.45) is 0 Å². The molecular weight excluding hydrogens is 410 g/mol. The molecule has 1 N–H and O–H groups in total. The molecule has 0 saturated heterocycles. The van der Waals surface area contributed by atoms with E-state index in [-0.39, 0.29) is 0 Å². The fourth-order valence-corrected chi connectivity index (χ4v) is 3.63. The van der Waals surface area contributed by atoms with E-state index < -0.39 is 17.7 Å². The lowest BCUT2D eigenvalue weighted by atomic mass is 9.86. The van der Waals surface area contributed by atoms with Gasteiger partial charge in [-0.2, -0.15) is 0 Å². The number of anilines is 1. The first kappa shape index (κ1) is 21.2. The van der Waals surface area contributed by atoms with Crippen LogP contribution in [0.25, 0.3) is 0 Å². The molecular formula is C25H23NO6. The van der Waals surface area contributed by atoms with E-state index in [1.165, 1.54) is 7.11 Å². The quantitative estimate of drug-likeness (QED) is 0.422. The summed E-state index contributed by atoms with van der Waals surface area (Å²) >= 11 is 0. The van der Waals surface area contributed by atoms with Crippen LogP contribution >= 0.6 is 0 Å². The fourth-order valence-electron chi connectivity index (χ4n) is 3.63. The molecule has 0 aromatic heterocycles. The van der Waals surface area contributed by atoms with E-state index in [1.54, 1.807) is 72.8 Å². The lowest BCUT2D eigenvalue weighted by Crippen LogP contribution is -2.41. The highest BCUT2D eigenvalue weighted by atomic mass is 16.7. The standard InChI is InChI=1S/C25H23NO6/c1-3-15-30-22-12-8-7-11-19(22)25(32-24(28)31-17-9-5-4-6-10-17)20-16-18(29-2)13-14-21(20)26-23(25)27/h4-14,16H,3,15H2,1-2H3,(H,26,27). The van der Waals surface area contributed by atoms with Crippen LogP contribution in [0.3, 0.4) is 0 Å². The molecule has 7 nitrogen and oxygen atoms in total. The monoisotopic (exact) mass is 433 g/mol. The molecule has 1 amide bonds. The van der Waals surface area contributed by atoms with E-state index >= 15 is 0 Å². The summed E-state index contributed by atoms with van der Waals surface area (Å²) in [7, 11) is 1.52. The molecule has 164 valence electrons. The largest absolute Gasteiger partial charge is 0.515 e. The van der Waals surface area contributed by atoms with Crippen LogP contribution < -0.4 is 19.5 Å². The summed E-state index contributed by atoms with van der Waals surface area (Å²) < 4.78 is 22.4. The zero-order chi connectivity index (χ0) is 22.6. The Kier molecular flexibility index (Phi) is 5.98. The van der Waals surface area contributed by atoms with Gasteiger partial charge in [0.25, 0.3) is 5.91 Å². The molecule has 0 saturated carbocycles. The Morgan fingerprint density at radius 1 is 0.938 bits per heavy atom. The van der Waals surface area contributed by atoms with Crippen molar-refractivity contribution in [2.75, 3.05) is 19.0 Å². The summed E-state index contributed by atoms with van der Waals surface area (Å²) in [4.78, 5) is 26.3. The Morgan fingerprint density at radius 2 is 1.69 bits per heavy atom. The van der Waals surface area contributed by atoms with Crippen LogP contribution in [0, 0.1) is 0 Å². The highest BCUT2D eigenvalue weighted by Crippen LogP contribution is 2.48. The van der Waals surface area contributed by atoms with Crippen LogP contribution in [0.15, 0.2) is 72.8 Å². The van der Waals surface area contributed by atoms with E-state index in [0.29, 0.717) is 40.7 Å². The molecule has 4 rings (SSSR count). The lowest BCUT2D eigenvalue weighted by Gasteiger charge is -2.29. The van der Waals surface area contributed by atoms with Crippen molar-refractivity contribution in [3.05, 3.63) is 83.9 Å². The van der Waals surface area contributed by atoms with Gasteiger partial charge in [-0.1, -0.05) is 43.3 Å². The number of rotatable bonds is 7. The van der Waals surface area contributed by atoms with Crippen molar-refractivity contribution in [1.82, 2.24) is 0 Å². The van der Waals surface area contributed by atoms with Crippen LogP contribution in [-0.2, 0) is 15.1 Å². The summed E-state index contributed by atoms with van der Waals surface area (Å²) in [6.45, 7) is 2.42. The van der Waals surface area contributed by atoms with Gasteiger partial charge in [0.15, 0.2) is 0 Å². The summed E-state index contributed by atoms with van der Waals surface area (Å²) in [6.07, 6.45) is -0.248. The second-order valence-electron chi connectivity index (χ2n) is 7.16. The van der Waals surface area contributed by atoms with Crippen molar-refractivity contribution < 1.29 is 28.5 Å². The van der Waals surface area contributed by atoms with Crippen LogP contribution in [0.1, 0.15) is 24.5 Å². The number of hydrogen-bond donors (Lipinski definition) is 1. The van der Waals surface area contributed by atoms with E-state index in [4.69, 9.17) is 18.9 Å². The third-order valence-electron chi connectivity index (χ3n) is 5.08. The molecule has 0 radical (unpaired) electrons. The van der Waals surface area contributed by atoms with Gasteiger partial charge in [0, 0.05) is 11.3 Å². The minimum absolute atomic E-state index is 0.299. The first-order valence-electron chi connectivity index (χ1n) is 10.3. The van der Waals surface area contributed by atoms with Gasteiger partial charge in [-0.15, -0.1) is 0 Å². The molecule has 0 spiro atoms. The van der Waals surface area contributed by atoms with Crippen molar-refractivity contribution in [3.8, 4) is 17.2 Å². The maximum atomic E-state index is 13.4. The summed E-state index contributed by atoms with van der Waals surface area (Å²) in [6, 6.07) is 20.6. The Labute approximate surface area is 185 Å². The number of hydrogen-bond acceptors (Lipinski definition) is 6. The molecule has 1 aliphatic heterocycles. The van der Waals surface area contributed by atoms with Gasteiger partial charge in [-0.25, -0.2) is 4.79 Å². The van der Waals surface area contributed by atoms with Crippen molar-refractivity contribution >= 4 is 17.7 Å². The maximum absolute atomic E-state index is 13.4. The van der Waals surface area contributed by atoms with Crippen LogP contribution in [0.2, 0.25) is 0 Å². The number of fused-ring (bicyclic) bond motifs is 1. The first-order chi connectivity index (χ1) is 15.6. The SMILES string of the molecule is CCCOc1ccccc1C1(OC(=O)Oc2ccccc2)C(=O)Nc2ccc(OC)cc21. The summed E-state index contributed by atoms with van der Waals surface area (Å²) in [5, 5.41) is 2.81. The van der Waals surface area contributed by atoms with Gasteiger partial charge in [-0.3, -0.25) is 4.79 Å². The molecule has 1 unspecified atom stereocenters. The number of amides is 1. The van der Waals surface area contributed by atoms with Crippen molar-refractivity contribution in [3.63, 3.8) is 0 Å². The average Bonchev–Trinajstić information content (AvgIpc) is 3.09. The normalized spacial score (nSPS) is 16.6. The molecule has 7 heteroatoms. The first-order valence-corrected chi connectivity index (χ1v) is 10.3. The van der Waals surface area contributed by atoms with E-state index in [0.717, 1.165) is 6.42 Å². The second kappa shape index (κ2) is 9.01. The van der Waals surface area contributed by atoms with E-state index in [2.05, 4.69) is 5.32 Å². The highest BCUT2D eigenvalue weighted by Gasteiger charge is 2.54. The average molecular weight is 433 g/mol. The number of carbonyl (C=O) groups excluding carboxylic acids is 2. The Hall–Kier alpha value is -4.00. The van der Waals surface area contributed by atoms with Gasteiger partial charge in [-0.05, 0) is 42.8 Å². The molecule has 0 aliphatic carbocycles. The number of para-hydroxylation sites is 2. The number of benzene rings is 3. The van der Waals surface area contributed by atoms with Gasteiger partial charge in [0.2, 0.25) is 5.60 Å². The van der Waals surface area contributed by atoms with E-state index in [9.17, 15) is 9.59 Å². The Bertz CT molecular complexity index is 1130. The smallest absolute Gasteiger partial charge is 0.497 e. The maximum Gasteiger partial charge on any atom is 0.515 e. The number of nitrogens with one attached hydrogen (secondary N) is 1. The summed E-state index contributed by atoms with van der Waals surface area (Å²) in [5.41, 5.74) is -0.490. The molecule has 1 aliphatic rings. The van der Waals surface area contributed by atoms with Crippen LogP contribution in [0.5, 0.6) is 17.2 Å². The molecule has 3 aromatic carbocycles. The topological polar surface area (TPSA) is 83.1 Å². The molecule has 0 bridgehead atoms. The Morgan fingerprint density at radius 3 is 2.44 bits per heavy atom. The predicted octanol–water partition coefficient (Wildman–Crippen LogP) is 4.90. The van der Waals surface area contributed by atoms with Crippen molar-refractivity contribution in [2.45, 2.75) is 18.9 Å². The number of ether oxygens (including phenoxy) is 4. The third-order valence-corrected chi connectivity index (χ3v) is 5.08. The van der Waals surface area contributed by atoms with Crippen LogP contribution in [-0.4, -0.2) is 25.8 Å². The molecule has 1 atom stereocenters. The molecule has 32 heavy (non-hydrogen) atoms. The fraction of sp³-hybridized carbons (Fsp3) is 0.200. The van der Waals surface area contributed by atoms with Gasteiger partial charge in [0.05, 0.1) is 19.3 Å². The lowest BCUT2D eigenvalue weighted by molar-refractivity contribution is -0.131. The Balaban J connectivity index is 1.84. The summed E-state index contributed by atoms with van der Waals surface area (Å²) in [5.74, 6) is 0.718. The predicted molar refractivity (Wildman–Crippen MR) is 118 cm³/mol. The molecule has 1 heterocycles. The minimum atomic E-state index is -1.82. The zero-order valence-corrected chi connectivity index (χ0v) is 17.8. The van der Waals surface area contributed by atoms with Gasteiger partial charge < -0.3 is 24.3 Å². The minimum Gasteiger partial charge on any atom is -0.497 e. The molecule has 3 aromatic rings. The van der Waals surface area contributed by atoms with Gasteiger partial charge in [0.1, 0.15) is 17.2 Å². The third kappa shape index (κ3) is 3.85. The van der Waals surface area contributed by atoms with Crippen LogP contribution in [0.4, 0.5) is 10.5 Å². The number of methoxy groups -OCH3 is 1. The van der Waals surface area contributed by atoms with Crippen molar-refractivity contribution in [1.29, 1.82) is 0 Å². The molecule has 0 fully saturated rings. The highest BCUT2D eigenvalue weighted by molar-refractivity contribution is 6.09. The second-order valence-corrected chi connectivity index (χ2v) is 7.16. The van der Waals surface area contributed by atoms with E-state index in [1.807, 2.05) is 6.92 Å². The number of carbonyl (C=O) groups is 2.